The summed E-state index contributed by atoms with van der Waals surface area (Å²) in [5.74, 6) is 0.844. The monoisotopic (exact) mass is 280 g/mol. The van der Waals surface area contributed by atoms with Gasteiger partial charge in [-0.15, -0.1) is 0 Å². The van der Waals surface area contributed by atoms with Crippen LogP contribution in [0.5, 0.6) is 0 Å². The lowest BCUT2D eigenvalue weighted by atomic mass is 10.1. The molecule has 1 rings (SSSR count). The molecule has 20 heavy (non-hydrogen) atoms. The zero-order valence-electron chi connectivity index (χ0n) is 12.7. The van der Waals surface area contributed by atoms with Crippen LogP contribution in [0.25, 0.3) is 0 Å². The summed E-state index contributed by atoms with van der Waals surface area (Å²) in [6.45, 7) is 9.76. The van der Waals surface area contributed by atoms with E-state index in [-0.39, 0.29) is 17.2 Å². The first-order valence-corrected chi connectivity index (χ1v) is 6.98. The molecule has 0 saturated heterocycles. The first-order valence-electron chi connectivity index (χ1n) is 6.98. The van der Waals surface area contributed by atoms with Crippen LogP contribution in [-0.2, 0) is 6.61 Å². The lowest BCUT2D eigenvalue weighted by Crippen LogP contribution is -2.31. The van der Waals surface area contributed by atoms with Gasteiger partial charge in [0.25, 0.3) is 5.69 Å². The molecule has 1 aromatic carbocycles. The van der Waals surface area contributed by atoms with Crippen molar-refractivity contribution in [3.05, 3.63) is 33.9 Å². The quantitative estimate of drug-likeness (QED) is 0.615. The minimum atomic E-state index is -0.373. The minimum absolute atomic E-state index is 0.0675. The maximum atomic E-state index is 11.3. The maximum absolute atomic E-state index is 11.3. The molecule has 0 amide bonds. The summed E-state index contributed by atoms with van der Waals surface area (Å²) < 4.78 is 0. The van der Waals surface area contributed by atoms with Crippen molar-refractivity contribution < 1.29 is 10.0 Å². The van der Waals surface area contributed by atoms with Crippen molar-refractivity contribution in [1.82, 2.24) is 0 Å². The first-order chi connectivity index (χ1) is 9.35. The van der Waals surface area contributed by atoms with Crippen LogP contribution in [0.4, 0.5) is 11.4 Å². The Bertz CT molecular complexity index is 448. The lowest BCUT2D eigenvalue weighted by molar-refractivity contribution is -0.384. The second-order valence-electron chi connectivity index (χ2n) is 5.93. The molecule has 0 unspecified atom stereocenters. The fourth-order valence-electron chi connectivity index (χ4n) is 2.23. The molecule has 5 nitrogen and oxygen atoms in total. The molecule has 0 heterocycles. The Balaban J connectivity index is 3.20. The van der Waals surface area contributed by atoms with Gasteiger partial charge in [0.2, 0.25) is 0 Å². The largest absolute Gasteiger partial charge is 0.392 e. The van der Waals surface area contributed by atoms with E-state index in [2.05, 4.69) is 32.6 Å². The van der Waals surface area contributed by atoms with Gasteiger partial charge in [0.05, 0.1) is 11.5 Å². The molecule has 1 aromatic rings. The van der Waals surface area contributed by atoms with Crippen LogP contribution in [0.15, 0.2) is 18.2 Å². The molecular formula is C15H24N2O3. The van der Waals surface area contributed by atoms with Crippen molar-refractivity contribution in [1.29, 1.82) is 0 Å². The van der Waals surface area contributed by atoms with Crippen molar-refractivity contribution >= 4 is 11.4 Å². The number of nitro benzene ring substituents is 1. The van der Waals surface area contributed by atoms with Crippen LogP contribution < -0.4 is 4.90 Å². The molecular weight excluding hydrogens is 256 g/mol. The number of aliphatic hydroxyl groups excluding tert-OH is 1. The summed E-state index contributed by atoms with van der Waals surface area (Å²) in [6.07, 6.45) is 0. The molecule has 0 bridgehead atoms. The second kappa shape index (κ2) is 7.24. The molecule has 0 fully saturated rings. The van der Waals surface area contributed by atoms with Gasteiger partial charge in [-0.25, -0.2) is 0 Å². The number of nitro groups is 1. The second-order valence-corrected chi connectivity index (χ2v) is 5.93. The van der Waals surface area contributed by atoms with Crippen LogP contribution >= 0.6 is 0 Å². The molecule has 5 heteroatoms. The Kier molecular flexibility index (Phi) is 5.95. The fraction of sp³-hybridized carbons (Fsp3) is 0.600. The third-order valence-corrected chi connectivity index (χ3v) is 2.93. The third-order valence-electron chi connectivity index (χ3n) is 2.93. The predicted molar refractivity (Wildman–Crippen MR) is 80.9 cm³/mol. The average Bonchev–Trinajstić information content (AvgIpc) is 2.36. The van der Waals surface area contributed by atoms with Gasteiger partial charge in [-0.2, -0.15) is 0 Å². The number of anilines is 1. The highest BCUT2D eigenvalue weighted by Gasteiger charge is 2.21. The van der Waals surface area contributed by atoms with Gasteiger partial charge in [0.15, 0.2) is 0 Å². The molecule has 0 aliphatic heterocycles. The number of rotatable bonds is 7. The third kappa shape index (κ3) is 4.49. The molecule has 112 valence electrons. The van der Waals surface area contributed by atoms with Crippen molar-refractivity contribution in [3.63, 3.8) is 0 Å². The van der Waals surface area contributed by atoms with Crippen LogP contribution in [0.2, 0.25) is 0 Å². The van der Waals surface area contributed by atoms with Crippen molar-refractivity contribution in [2.24, 2.45) is 11.8 Å². The predicted octanol–water partition coefficient (Wildman–Crippen LogP) is 3.21. The van der Waals surface area contributed by atoms with Crippen molar-refractivity contribution in [3.8, 4) is 0 Å². The normalized spacial score (nSPS) is 11.2. The molecule has 0 aliphatic carbocycles. The average molecular weight is 280 g/mol. The van der Waals surface area contributed by atoms with Crippen molar-refractivity contribution in [2.45, 2.75) is 34.3 Å². The Morgan fingerprint density at radius 1 is 1.20 bits per heavy atom. The van der Waals surface area contributed by atoms with Gasteiger partial charge in [-0.1, -0.05) is 33.8 Å². The first kappa shape index (κ1) is 16.4. The fourth-order valence-corrected chi connectivity index (χ4v) is 2.23. The number of nitrogens with zero attached hydrogens (tertiary/aromatic N) is 2. The van der Waals surface area contributed by atoms with E-state index in [0.29, 0.717) is 23.1 Å². The number of hydrogen-bond acceptors (Lipinski definition) is 4. The molecule has 0 aromatic heterocycles. The van der Waals surface area contributed by atoms with Crippen LogP contribution in [0.1, 0.15) is 33.3 Å². The topological polar surface area (TPSA) is 66.6 Å². The molecule has 0 aliphatic rings. The number of aliphatic hydroxyl groups is 1. The van der Waals surface area contributed by atoms with E-state index < -0.39 is 0 Å². The summed E-state index contributed by atoms with van der Waals surface area (Å²) in [6, 6.07) is 4.95. The molecule has 0 atom stereocenters. The summed E-state index contributed by atoms with van der Waals surface area (Å²) >= 11 is 0. The van der Waals surface area contributed by atoms with Crippen LogP contribution in [0.3, 0.4) is 0 Å². The van der Waals surface area contributed by atoms with Crippen LogP contribution in [0, 0.1) is 22.0 Å². The van der Waals surface area contributed by atoms with E-state index in [1.54, 1.807) is 12.1 Å². The highest BCUT2D eigenvalue weighted by Crippen LogP contribution is 2.30. The molecule has 0 radical (unpaired) electrons. The van der Waals surface area contributed by atoms with Gasteiger partial charge in [0.1, 0.15) is 5.69 Å². The molecule has 0 spiro atoms. The van der Waals surface area contributed by atoms with E-state index in [0.717, 1.165) is 13.1 Å². The van der Waals surface area contributed by atoms with E-state index in [9.17, 15) is 10.1 Å². The SMILES string of the molecule is CC(C)CN(CC(C)C)c1ccc(CO)cc1[N+](=O)[O-]. The van der Waals surface area contributed by atoms with Gasteiger partial charge in [0, 0.05) is 19.2 Å². The summed E-state index contributed by atoms with van der Waals surface area (Å²) in [5, 5.41) is 20.4. The zero-order valence-corrected chi connectivity index (χ0v) is 12.7. The summed E-state index contributed by atoms with van der Waals surface area (Å²) in [7, 11) is 0. The van der Waals surface area contributed by atoms with Crippen LogP contribution in [-0.4, -0.2) is 23.1 Å². The van der Waals surface area contributed by atoms with E-state index in [1.807, 2.05) is 0 Å². The highest BCUT2D eigenvalue weighted by atomic mass is 16.6. The number of benzene rings is 1. The van der Waals surface area contributed by atoms with Gasteiger partial charge >= 0.3 is 0 Å². The molecule has 0 saturated carbocycles. The summed E-state index contributed by atoms with van der Waals surface area (Å²) in [5.41, 5.74) is 1.27. The summed E-state index contributed by atoms with van der Waals surface area (Å²) in [4.78, 5) is 13.0. The van der Waals surface area contributed by atoms with E-state index in [4.69, 9.17) is 5.11 Å². The van der Waals surface area contributed by atoms with Gasteiger partial charge in [-0.3, -0.25) is 10.1 Å². The maximum Gasteiger partial charge on any atom is 0.292 e. The number of hydrogen-bond donors (Lipinski definition) is 1. The smallest absolute Gasteiger partial charge is 0.292 e. The Labute approximate surface area is 120 Å². The zero-order chi connectivity index (χ0) is 15.3. The van der Waals surface area contributed by atoms with E-state index >= 15 is 0 Å². The Hall–Kier alpha value is -1.62. The lowest BCUT2D eigenvalue weighted by Gasteiger charge is -2.28. The van der Waals surface area contributed by atoms with Gasteiger partial charge in [-0.05, 0) is 23.5 Å². The molecule has 1 N–H and O–H groups in total. The van der Waals surface area contributed by atoms with Gasteiger partial charge < -0.3 is 10.0 Å². The van der Waals surface area contributed by atoms with Crippen molar-refractivity contribution in [2.75, 3.05) is 18.0 Å². The highest BCUT2D eigenvalue weighted by molar-refractivity contribution is 5.64. The Morgan fingerprint density at radius 2 is 1.75 bits per heavy atom. The van der Waals surface area contributed by atoms with E-state index in [1.165, 1.54) is 6.07 Å². The Morgan fingerprint density at radius 3 is 2.15 bits per heavy atom. The minimum Gasteiger partial charge on any atom is -0.392 e. The standard InChI is InChI=1S/C15H24N2O3/c1-11(2)8-16(9-12(3)4)14-6-5-13(10-18)7-15(14)17(19)20/h5-7,11-12,18H,8-10H2,1-4H3.